The number of rotatable bonds is 3. The van der Waals surface area contributed by atoms with Crippen LogP contribution in [0.2, 0.25) is 0 Å². The molecule has 2 saturated heterocycles. The van der Waals surface area contributed by atoms with Gasteiger partial charge in [0.2, 0.25) is 5.91 Å². The van der Waals surface area contributed by atoms with Crippen LogP contribution in [-0.4, -0.2) is 68.1 Å². The van der Waals surface area contributed by atoms with Crippen molar-refractivity contribution < 1.29 is 4.79 Å². The number of hydrogen-bond acceptors (Lipinski definition) is 7. The molecule has 9 nitrogen and oxygen atoms in total. The maximum Gasteiger partial charge on any atom is 0.230 e. The topological polar surface area (TPSA) is 91.2 Å². The van der Waals surface area contributed by atoms with Gasteiger partial charge in [-0.2, -0.15) is 0 Å². The number of piperidine rings is 1. The molecule has 2 atom stereocenters. The lowest BCUT2D eigenvalue weighted by Gasteiger charge is -2.41. The van der Waals surface area contributed by atoms with E-state index in [9.17, 15) is 4.79 Å². The van der Waals surface area contributed by atoms with Gasteiger partial charge in [0.15, 0.2) is 0 Å². The summed E-state index contributed by atoms with van der Waals surface area (Å²) < 4.78 is 1.61. The molecule has 2 N–H and O–H groups in total. The summed E-state index contributed by atoms with van der Waals surface area (Å²) >= 11 is 0. The van der Waals surface area contributed by atoms with Crippen LogP contribution in [0.5, 0.6) is 0 Å². The number of fused-ring (bicyclic) bond motifs is 1. The number of hydrazine groups is 1. The van der Waals surface area contributed by atoms with Crippen LogP contribution in [0.3, 0.4) is 0 Å². The van der Waals surface area contributed by atoms with Gasteiger partial charge in [0.25, 0.3) is 0 Å². The Balaban J connectivity index is 1.19. The van der Waals surface area contributed by atoms with E-state index in [1.54, 1.807) is 11.0 Å². The summed E-state index contributed by atoms with van der Waals surface area (Å²) in [5.41, 5.74) is 9.14. The number of tetrazole rings is 1. The van der Waals surface area contributed by atoms with E-state index in [1.807, 2.05) is 4.90 Å². The molecule has 1 amide bonds. The van der Waals surface area contributed by atoms with Crippen LogP contribution >= 0.6 is 0 Å². The highest BCUT2D eigenvalue weighted by molar-refractivity contribution is 5.80. The largest absolute Gasteiger partial charge is 0.342 e. The van der Waals surface area contributed by atoms with Gasteiger partial charge in [-0.25, -0.2) is 10.1 Å². The Morgan fingerprint density at radius 3 is 2.71 bits per heavy atom. The molecule has 5 rings (SSSR count). The molecule has 2 fully saturated rings. The first kappa shape index (κ1) is 17.7. The molecule has 1 aromatic carbocycles. The molecule has 0 radical (unpaired) electrons. The van der Waals surface area contributed by atoms with Gasteiger partial charge in [0.05, 0.1) is 5.92 Å². The molecule has 4 heterocycles. The summed E-state index contributed by atoms with van der Waals surface area (Å²) in [4.78, 5) is 17.7. The van der Waals surface area contributed by atoms with Gasteiger partial charge >= 0.3 is 0 Å². The Kier molecular flexibility index (Phi) is 4.79. The van der Waals surface area contributed by atoms with Crippen LogP contribution in [0.1, 0.15) is 30.1 Å². The fraction of sp³-hybridized carbons (Fsp3) is 0.579. The second kappa shape index (κ2) is 7.57. The first-order chi connectivity index (χ1) is 13.8. The lowest BCUT2D eigenvalue weighted by molar-refractivity contribution is -0.138. The van der Waals surface area contributed by atoms with Crippen molar-refractivity contribution in [3.05, 3.63) is 41.7 Å². The third kappa shape index (κ3) is 3.30. The zero-order valence-electron chi connectivity index (χ0n) is 15.9. The summed E-state index contributed by atoms with van der Waals surface area (Å²) in [5, 5.41) is 11.3. The molecule has 0 aliphatic carbocycles. The van der Waals surface area contributed by atoms with E-state index in [-0.39, 0.29) is 18.0 Å². The highest BCUT2D eigenvalue weighted by atomic mass is 16.2. The second-order valence-electron chi connectivity index (χ2n) is 7.91. The summed E-state index contributed by atoms with van der Waals surface area (Å²) in [6.45, 7) is 4.38. The predicted molar refractivity (Wildman–Crippen MR) is 102 cm³/mol. The van der Waals surface area contributed by atoms with Gasteiger partial charge in [-0.15, -0.1) is 5.10 Å². The molecule has 3 aliphatic heterocycles. The predicted octanol–water partition coefficient (Wildman–Crippen LogP) is -0.0550. The third-order valence-electron chi connectivity index (χ3n) is 6.37. The molecule has 0 saturated carbocycles. The van der Waals surface area contributed by atoms with Crippen LogP contribution in [0, 0.1) is 5.92 Å². The lowest BCUT2D eigenvalue weighted by Crippen LogP contribution is -2.50. The van der Waals surface area contributed by atoms with Crippen molar-refractivity contribution in [1.29, 1.82) is 0 Å². The minimum Gasteiger partial charge on any atom is -0.342 e. The van der Waals surface area contributed by atoms with Gasteiger partial charge in [-0.3, -0.25) is 15.1 Å². The third-order valence-corrected chi connectivity index (χ3v) is 6.37. The number of aromatic nitrogens is 4. The van der Waals surface area contributed by atoms with Crippen LogP contribution in [0.4, 0.5) is 0 Å². The molecule has 2 unspecified atom stereocenters. The quantitative estimate of drug-likeness (QED) is 0.769. The standard InChI is InChI=1S/C19H26N8O/c28-19(17-11-20-22-18(17)27-13-21-23-24-27)25-9-6-16(7-10-25)26-8-5-14-3-1-2-4-15(14)12-26/h1-4,13,16-18,20,22H,5-12H2. The Morgan fingerprint density at radius 2 is 1.93 bits per heavy atom. The van der Waals surface area contributed by atoms with E-state index in [1.165, 1.54) is 11.1 Å². The van der Waals surface area contributed by atoms with Crippen LogP contribution in [0.25, 0.3) is 0 Å². The zero-order chi connectivity index (χ0) is 18.9. The van der Waals surface area contributed by atoms with Gasteiger partial charge in [0, 0.05) is 38.8 Å². The number of benzene rings is 1. The number of nitrogens with zero attached hydrogens (tertiary/aromatic N) is 6. The molecule has 9 heteroatoms. The number of hydrogen-bond donors (Lipinski definition) is 2. The molecule has 3 aliphatic rings. The van der Waals surface area contributed by atoms with Crippen molar-refractivity contribution in [2.75, 3.05) is 26.2 Å². The Bertz CT molecular complexity index is 817. The van der Waals surface area contributed by atoms with Gasteiger partial charge < -0.3 is 4.90 Å². The molecule has 0 spiro atoms. The number of amides is 1. The maximum atomic E-state index is 13.1. The molecule has 2 aromatic rings. The normalized spacial score (nSPS) is 26.4. The van der Waals surface area contributed by atoms with Gasteiger partial charge in [-0.05, 0) is 40.8 Å². The molecule has 148 valence electrons. The van der Waals surface area contributed by atoms with Gasteiger partial charge in [-0.1, -0.05) is 24.3 Å². The smallest absolute Gasteiger partial charge is 0.230 e. The summed E-state index contributed by atoms with van der Waals surface area (Å²) in [6, 6.07) is 9.33. The zero-order valence-corrected chi connectivity index (χ0v) is 15.9. The van der Waals surface area contributed by atoms with Crippen molar-refractivity contribution >= 4 is 5.91 Å². The summed E-state index contributed by atoms with van der Waals surface area (Å²) in [5.74, 6) is -0.0117. The number of nitrogens with one attached hydrogen (secondary N) is 2. The first-order valence-corrected chi connectivity index (χ1v) is 10.1. The van der Waals surface area contributed by atoms with Crippen LogP contribution in [0.15, 0.2) is 30.6 Å². The minimum absolute atomic E-state index is 0.181. The Labute approximate surface area is 164 Å². The fourth-order valence-electron chi connectivity index (χ4n) is 4.77. The van der Waals surface area contributed by atoms with E-state index < -0.39 is 0 Å². The minimum atomic E-state index is -0.237. The first-order valence-electron chi connectivity index (χ1n) is 10.1. The average Bonchev–Trinajstić information content (AvgIpc) is 3.44. The van der Waals surface area contributed by atoms with Gasteiger partial charge in [0.1, 0.15) is 12.5 Å². The second-order valence-corrected chi connectivity index (χ2v) is 7.91. The average molecular weight is 382 g/mol. The van der Waals surface area contributed by atoms with Crippen LogP contribution in [-0.2, 0) is 17.8 Å². The van der Waals surface area contributed by atoms with E-state index in [0.717, 1.165) is 45.4 Å². The van der Waals surface area contributed by atoms with Crippen molar-refractivity contribution in [1.82, 2.24) is 40.9 Å². The van der Waals surface area contributed by atoms with Crippen LogP contribution < -0.4 is 10.9 Å². The highest BCUT2D eigenvalue weighted by Crippen LogP contribution is 2.27. The molecular formula is C19H26N8O. The fourth-order valence-corrected chi connectivity index (χ4v) is 4.77. The SMILES string of the molecule is O=C(C1CNNC1n1cnnn1)N1CCC(N2CCc3ccccc3C2)CC1. The van der Waals surface area contributed by atoms with Crippen molar-refractivity contribution in [3.8, 4) is 0 Å². The molecular weight excluding hydrogens is 356 g/mol. The molecule has 1 aromatic heterocycles. The van der Waals surface area contributed by atoms with Crippen molar-refractivity contribution in [2.24, 2.45) is 5.92 Å². The van der Waals surface area contributed by atoms with E-state index in [2.05, 4.69) is 55.5 Å². The number of carbonyl (C=O) groups is 1. The number of carbonyl (C=O) groups excluding carboxylic acids is 1. The van der Waals surface area contributed by atoms with E-state index in [4.69, 9.17) is 0 Å². The maximum absolute atomic E-state index is 13.1. The van der Waals surface area contributed by atoms with Crippen molar-refractivity contribution in [3.63, 3.8) is 0 Å². The molecule has 0 bridgehead atoms. The van der Waals surface area contributed by atoms with E-state index >= 15 is 0 Å². The lowest BCUT2D eigenvalue weighted by atomic mass is 9.95. The number of likely N-dealkylation sites (tertiary alicyclic amines) is 1. The van der Waals surface area contributed by atoms with Crippen molar-refractivity contribution in [2.45, 2.75) is 38.0 Å². The Hall–Kier alpha value is -2.36. The Morgan fingerprint density at radius 1 is 1.11 bits per heavy atom. The monoisotopic (exact) mass is 382 g/mol. The van der Waals surface area contributed by atoms with E-state index in [0.29, 0.717) is 12.6 Å². The molecule has 28 heavy (non-hydrogen) atoms. The summed E-state index contributed by atoms with van der Waals surface area (Å²) in [7, 11) is 0. The highest BCUT2D eigenvalue weighted by Gasteiger charge is 2.39. The summed E-state index contributed by atoms with van der Waals surface area (Å²) in [6.07, 6.45) is 4.51.